The van der Waals surface area contributed by atoms with E-state index in [9.17, 15) is 10.1 Å². The first-order chi connectivity index (χ1) is 15.0. The Bertz CT molecular complexity index is 1490. The molecular formula is C23H20N6OS. The van der Waals surface area contributed by atoms with E-state index in [2.05, 4.69) is 21.3 Å². The molecular weight excluding hydrogens is 408 g/mol. The van der Waals surface area contributed by atoms with Crippen molar-refractivity contribution in [3.05, 3.63) is 80.2 Å². The molecule has 2 heterocycles. The Kier molecular flexibility index (Phi) is 5.38. The molecule has 5 N–H and O–H groups in total. The van der Waals surface area contributed by atoms with Gasteiger partial charge in [-0.05, 0) is 30.2 Å². The number of hydrogen-bond acceptors (Lipinski definition) is 7. The Morgan fingerprint density at radius 2 is 2.10 bits per heavy atom. The number of nitrogens with one attached hydrogen (secondary N) is 1. The van der Waals surface area contributed by atoms with Crippen LogP contribution >= 0.6 is 11.3 Å². The Hall–Kier alpha value is -3.80. The normalized spacial score (nSPS) is 12.5. The number of aromatic amines is 1. The van der Waals surface area contributed by atoms with Crippen LogP contribution in [0.5, 0.6) is 0 Å². The molecule has 0 saturated heterocycles. The number of hydrogen-bond donors (Lipinski definition) is 3. The molecule has 7 nitrogen and oxygen atoms in total. The quantitative estimate of drug-likeness (QED) is 0.429. The maximum atomic E-state index is 12.4. The van der Waals surface area contributed by atoms with Gasteiger partial charge in [0.25, 0.3) is 5.56 Å². The minimum atomic E-state index is -0.268. The Morgan fingerprint density at radius 3 is 2.77 bits per heavy atom. The summed E-state index contributed by atoms with van der Waals surface area (Å²) in [4.78, 5) is 17.6. The van der Waals surface area contributed by atoms with Gasteiger partial charge in [0.2, 0.25) is 0 Å². The lowest BCUT2D eigenvalue weighted by Crippen LogP contribution is -2.15. The lowest BCUT2D eigenvalue weighted by atomic mass is 9.94. The van der Waals surface area contributed by atoms with Crippen molar-refractivity contribution in [2.75, 3.05) is 7.05 Å². The molecule has 0 bridgehead atoms. The first-order valence-corrected chi connectivity index (χ1v) is 10.4. The van der Waals surface area contributed by atoms with Crippen molar-refractivity contribution in [2.24, 2.45) is 16.5 Å². The summed E-state index contributed by atoms with van der Waals surface area (Å²) in [5, 5.41) is 18.5. The highest BCUT2D eigenvalue weighted by Crippen LogP contribution is 2.35. The predicted octanol–water partition coefficient (Wildman–Crippen LogP) is 3.20. The number of aliphatic imine (C=N–C) groups is 1. The second kappa shape index (κ2) is 8.14. The highest BCUT2D eigenvalue weighted by molar-refractivity contribution is 7.21. The molecule has 8 heteroatoms. The molecule has 0 amide bonds. The molecule has 2 aromatic heterocycles. The van der Waals surface area contributed by atoms with E-state index in [1.54, 1.807) is 7.05 Å². The van der Waals surface area contributed by atoms with Crippen molar-refractivity contribution in [1.29, 1.82) is 5.26 Å². The predicted molar refractivity (Wildman–Crippen MR) is 126 cm³/mol. The number of benzene rings is 2. The molecule has 154 valence electrons. The van der Waals surface area contributed by atoms with Gasteiger partial charge in [0.1, 0.15) is 6.07 Å². The van der Waals surface area contributed by atoms with Crippen LogP contribution in [0.25, 0.3) is 26.4 Å². The van der Waals surface area contributed by atoms with Gasteiger partial charge < -0.3 is 11.5 Å². The second-order valence-corrected chi connectivity index (χ2v) is 8.04. The largest absolute Gasteiger partial charge is 0.404 e. The SMILES string of the molecule is CN=C(/C(=C\N)c1cc(C)c2c(=O)[nH]nc(CN)c2c1)c1sc2ccccc2c1C#N. The van der Waals surface area contributed by atoms with E-state index in [4.69, 9.17) is 11.5 Å². The van der Waals surface area contributed by atoms with Crippen LogP contribution in [0.1, 0.15) is 27.3 Å². The van der Waals surface area contributed by atoms with Crippen molar-refractivity contribution in [3.63, 3.8) is 0 Å². The van der Waals surface area contributed by atoms with Crippen LogP contribution in [0.3, 0.4) is 0 Å². The first kappa shape index (κ1) is 20.5. The summed E-state index contributed by atoms with van der Waals surface area (Å²) >= 11 is 1.50. The molecule has 0 unspecified atom stereocenters. The van der Waals surface area contributed by atoms with Crippen molar-refractivity contribution < 1.29 is 0 Å². The molecule has 0 saturated carbocycles. The summed E-state index contributed by atoms with van der Waals surface area (Å²) < 4.78 is 1.00. The van der Waals surface area contributed by atoms with Crippen molar-refractivity contribution in [1.82, 2.24) is 10.2 Å². The number of aryl methyl sites for hydroxylation is 1. The number of nitriles is 1. The fraction of sp³-hybridized carbons (Fsp3) is 0.130. The van der Waals surface area contributed by atoms with Gasteiger partial charge in [-0.25, -0.2) is 5.10 Å². The summed E-state index contributed by atoms with van der Waals surface area (Å²) in [7, 11) is 1.68. The number of thiophene rings is 1. The molecule has 0 aliphatic rings. The summed E-state index contributed by atoms with van der Waals surface area (Å²) in [5.74, 6) is 0. The van der Waals surface area contributed by atoms with E-state index in [0.717, 1.165) is 26.1 Å². The molecule has 0 fully saturated rings. The van der Waals surface area contributed by atoms with Crippen molar-refractivity contribution >= 4 is 43.5 Å². The van der Waals surface area contributed by atoms with Crippen LogP contribution in [0, 0.1) is 18.3 Å². The molecule has 0 aliphatic carbocycles. The Morgan fingerprint density at radius 1 is 1.32 bits per heavy atom. The van der Waals surface area contributed by atoms with Crippen LogP contribution in [0.15, 0.2) is 52.4 Å². The minimum Gasteiger partial charge on any atom is -0.404 e. The third-order valence-corrected chi connectivity index (χ3v) is 6.42. The standard InChI is InChI=1S/C23H20N6OS/c1-12-7-13(8-15-18(11-26)28-29-23(30)20(12)15)16(9-24)21(27-2)22-17(10-25)14-5-3-4-6-19(14)31-22/h3-9H,11,24,26H2,1-2H3,(H,29,30)/b16-9-,27-21?. The molecule has 0 radical (unpaired) electrons. The lowest BCUT2D eigenvalue weighted by Gasteiger charge is -2.13. The van der Waals surface area contributed by atoms with E-state index >= 15 is 0 Å². The number of nitrogens with zero attached hydrogens (tertiary/aromatic N) is 3. The highest BCUT2D eigenvalue weighted by atomic mass is 32.1. The zero-order valence-corrected chi connectivity index (χ0v) is 17.9. The molecule has 0 aliphatic heterocycles. The van der Waals surface area contributed by atoms with Gasteiger partial charge in [-0.3, -0.25) is 9.79 Å². The average Bonchev–Trinajstić information content (AvgIpc) is 3.15. The van der Waals surface area contributed by atoms with E-state index < -0.39 is 0 Å². The highest BCUT2D eigenvalue weighted by Gasteiger charge is 2.21. The van der Waals surface area contributed by atoms with Gasteiger partial charge >= 0.3 is 0 Å². The Labute approximate surface area is 182 Å². The molecule has 2 aromatic carbocycles. The van der Waals surface area contributed by atoms with Gasteiger partial charge in [-0.2, -0.15) is 10.4 Å². The topological polar surface area (TPSA) is 134 Å². The van der Waals surface area contributed by atoms with Crippen molar-refractivity contribution in [3.8, 4) is 6.07 Å². The molecule has 4 aromatic rings. The smallest absolute Gasteiger partial charge is 0.272 e. The maximum Gasteiger partial charge on any atom is 0.272 e. The van der Waals surface area contributed by atoms with E-state index in [1.165, 1.54) is 17.5 Å². The fourth-order valence-electron chi connectivity index (χ4n) is 3.84. The van der Waals surface area contributed by atoms with Crippen LogP contribution in [-0.4, -0.2) is 23.0 Å². The second-order valence-electron chi connectivity index (χ2n) is 6.99. The summed E-state index contributed by atoms with van der Waals surface area (Å²) in [5.41, 5.74) is 15.6. The van der Waals surface area contributed by atoms with Gasteiger partial charge in [0.15, 0.2) is 0 Å². The van der Waals surface area contributed by atoms with E-state index in [-0.39, 0.29) is 12.1 Å². The molecule has 0 spiro atoms. The van der Waals surface area contributed by atoms with Crippen LogP contribution in [0.2, 0.25) is 0 Å². The third kappa shape index (κ3) is 3.30. The van der Waals surface area contributed by atoms with Gasteiger partial charge in [0.05, 0.1) is 27.2 Å². The third-order valence-electron chi connectivity index (χ3n) is 5.24. The number of allylic oxidation sites excluding steroid dienone is 1. The van der Waals surface area contributed by atoms with Crippen LogP contribution < -0.4 is 17.0 Å². The zero-order valence-electron chi connectivity index (χ0n) is 17.1. The van der Waals surface area contributed by atoms with Crippen LogP contribution in [-0.2, 0) is 6.54 Å². The molecule has 4 rings (SSSR count). The van der Waals surface area contributed by atoms with Gasteiger partial charge in [-0.15, -0.1) is 11.3 Å². The summed E-state index contributed by atoms with van der Waals surface area (Å²) in [6, 6.07) is 13.8. The molecule has 0 atom stereocenters. The van der Waals surface area contributed by atoms with Crippen molar-refractivity contribution in [2.45, 2.75) is 13.5 Å². The number of fused-ring (bicyclic) bond motifs is 2. The van der Waals surface area contributed by atoms with Gasteiger partial charge in [0, 0.05) is 40.8 Å². The summed E-state index contributed by atoms with van der Waals surface area (Å²) in [6.07, 6.45) is 1.48. The maximum absolute atomic E-state index is 12.4. The monoisotopic (exact) mass is 428 g/mol. The lowest BCUT2D eigenvalue weighted by molar-refractivity contribution is 0.899. The number of nitrogens with two attached hydrogens (primary N) is 2. The van der Waals surface area contributed by atoms with Gasteiger partial charge in [-0.1, -0.05) is 24.3 Å². The Balaban J connectivity index is 1.97. The molecule has 31 heavy (non-hydrogen) atoms. The fourth-order valence-corrected chi connectivity index (χ4v) is 5.04. The number of aromatic nitrogens is 2. The van der Waals surface area contributed by atoms with E-state index in [1.807, 2.05) is 43.3 Å². The number of rotatable bonds is 4. The minimum absolute atomic E-state index is 0.182. The first-order valence-electron chi connectivity index (χ1n) is 9.57. The van der Waals surface area contributed by atoms with E-state index in [0.29, 0.717) is 33.3 Å². The zero-order chi connectivity index (χ0) is 22.1. The summed E-state index contributed by atoms with van der Waals surface area (Å²) in [6.45, 7) is 2.04. The number of H-pyrrole nitrogens is 1. The average molecular weight is 429 g/mol. The van der Waals surface area contributed by atoms with Crippen LogP contribution in [0.4, 0.5) is 0 Å².